The maximum atomic E-state index is 10.9. The third kappa shape index (κ3) is 0.654. The molecule has 0 aromatic rings. The molecule has 0 aromatic carbocycles. The van der Waals surface area contributed by atoms with E-state index in [9.17, 15) is 9.90 Å². The minimum Gasteiger partial charge on any atom is -0.389 e. The zero-order valence-corrected chi connectivity index (χ0v) is 5.91. The van der Waals surface area contributed by atoms with E-state index in [4.69, 9.17) is 16.3 Å². The van der Waals surface area contributed by atoms with Gasteiger partial charge in [-0.25, -0.2) is 0 Å². The van der Waals surface area contributed by atoms with E-state index in [1.165, 1.54) is 0 Å². The van der Waals surface area contributed by atoms with Crippen LogP contribution in [0.25, 0.3) is 0 Å². The molecule has 0 spiro atoms. The van der Waals surface area contributed by atoms with E-state index in [2.05, 4.69) is 0 Å². The number of aliphatic hydroxyl groups excluding tert-OH is 1. The largest absolute Gasteiger partial charge is 0.389 e. The lowest BCUT2D eigenvalue weighted by molar-refractivity contribution is -0.122. The van der Waals surface area contributed by atoms with Crippen LogP contribution in [0, 0.1) is 0 Å². The lowest BCUT2D eigenvalue weighted by atomic mass is 9.96. The number of halogens is 1. The molecule has 2 aliphatic rings. The lowest BCUT2D eigenvalue weighted by Gasteiger charge is -2.16. The summed E-state index contributed by atoms with van der Waals surface area (Å²) < 4.78 is 5.08. The van der Waals surface area contributed by atoms with E-state index in [1.807, 2.05) is 0 Å². The van der Waals surface area contributed by atoms with Crippen LogP contribution < -0.4 is 0 Å². The smallest absolute Gasteiger partial charge is 0.165 e. The fourth-order valence-corrected chi connectivity index (χ4v) is 1.83. The van der Waals surface area contributed by atoms with Crippen molar-refractivity contribution in [3.05, 3.63) is 0 Å². The SMILES string of the molecule is O=C1CC2OC1C(Cl)C2O. The normalized spacial score (nSPS) is 52.4. The van der Waals surface area contributed by atoms with E-state index in [0.29, 0.717) is 6.42 Å². The van der Waals surface area contributed by atoms with Gasteiger partial charge in [0.2, 0.25) is 0 Å². The topological polar surface area (TPSA) is 46.5 Å². The Balaban J connectivity index is 2.24. The molecule has 56 valence electrons. The van der Waals surface area contributed by atoms with E-state index in [1.54, 1.807) is 0 Å². The fraction of sp³-hybridized carbons (Fsp3) is 0.833. The van der Waals surface area contributed by atoms with Crippen LogP contribution in [0.5, 0.6) is 0 Å². The van der Waals surface area contributed by atoms with Gasteiger partial charge in [0, 0.05) is 6.42 Å². The Labute approximate surface area is 62.9 Å². The Morgan fingerprint density at radius 1 is 1.70 bits per heavy atom. The average molecular weight is 163 g/mol. The van der Waals surface area contributed by atoms with Crippen LogP contribution in [0.4, 0.5) is 0 Å². The molecule has 0 saturated carbocycles. The molecule has 2 aliphatic heterocycles. The zero-order valence-electron chi connectivity index (χ0n) is 5.16. The number of alkyl halides is 1. The van der Waals surface area contributed by atoms with E-state index >= 15 is 0 Å². The van der Waals surface area contributed by atoms with Gasteiger partial charge in [-0.05, 0) is 0 Å². The molecule has 4 heteroatoms. The quantitative estimate of drug-likeness (QED) is 0.498. The molecule has 0 amide bonds. The van der Waals surface area contributed by atoms with Crippen molar-refractivity contribution in [3.8, 4) is 0 Å². The molecule has 2 fully saturated rings. The van der Waals surface area contributed by atoms with Crippen LogP contribution in [-0.2, 0) is 9.53 Å². The minimum absolute atomic E-state index is 0.0234. The molecule has 4 atom stereocenters. The summed E-state index contributed by atoms with van der Waals surface area (Å²) in [6, 6.07) is 0. The van der Waals surface area contributed by atoms with Gasteiger partial charge in [-0.1, -0.05) is 0 Å². The first-order chi connectivity index (χ1) is 4.70. The second kappa shape index (κ2) is 1.94. The third-order valence-electron chi connectivity index (χ3n) is 2.04. The van der Waals surface area contributed by atoms with Crippen LogP contribution >= 0.6 is 11.6 Å². The average Bonchev–Trinajstić information content (AvgIpc) is 2.36. The first kappa shape index (κ1) is 6.58. The Bertz CT molecular complexity index is 180. The Morgan fingerprint density at radius 3 is 2.80 bits per heavy atom. The van der Waals surface area contributed by atoms with Crippen LogP contribution in [0.1, 0.15) is 6.42 Å². The van der Waals surface area contributed by atoms with Gasteiger partial charge in [-0.15, -0.1) is 11.6 Å². The summed E-state index contributed by atoms with van der Waals surface area (Å²) in [6.45, 7) is 0. The van der Waals surface area contributed by atoms with E-state index < -0.39 is 17.6 Å². The highest BCUT2D eigenvalue weighted by Gasteiger charge is 2.52. The predicted octanol–water partition coefficient (Wildman–Crippen LogP) is -0.305. The van der Waals surface area contributed by atoms with E-state index in [0.717, 1.165) is 0 Å². The summed E-state index contributed by atoms with van der Waals surface area (Å²) in [5.41, 5.74) is 0. The van der Waals surface area contributed by atoms with Gasteiger partial charge in [0.15, 0.2) is 5.78 Å². The van der Waals surface area contributed by atoms with Crippen molar-refractivity contribution < 1.29 is 14.6 Å². The van der Waals surface area contributed by atoms with Crippen molar-refractivity contribution in [2.75, 3.05) is 0 Å². The molecule has 3 nitrogen and oxygen atoms in total. The molecule has 2 heterocycles. The van der Waals surface area contributed by atoms with Crippen molar-refractivity contribution in [2.45, 2.75) is 30.1 Å². The van der Waals surface area contributed by atoms with Gasteiger partial charge >= 0.3 is 0 Å². The number of carbonyl (C=O) groups is 1. The Morgan fingerprint density at radius 2 is 2.40 bits per heavy atom. The summed E-state index contributed by atoms with van der Waals surface area (Å²) in [5, 5.41) is 8.67. The van der Waals surface area contributed by atoms with Gasteiger partial charge in [0.1, 0.15) is 6.10 Å². The summed E-state index contributed by atoms with van der Waals surface area (Å²) >= 11 is 5.66. The maximum Gasteiger partial charge on any atom is 0.165 e. The third-order valence-corrected chi connectivity index (χ3v) is 2.52. The fourth-order valence-electron chi connectivity index (χ4n) is 1.46. The molecule has 4 unspecified atom stereocenters. The van der Waals surface area contributed by atoms with Gasteiger partial charge in [-0.3, -0.25) is 4.79 Å². The lowest BCUT2D eigenvalue weighted by Crippen LogP contribution is -2.37. The van der Waals surface area contributed by atoms with E-state index in [-0.39, 0.29) is 11.9 Å². The molecule has 0 aromatic heterocycles. The number of hydrogen-bond acceptors (Lipinski definition) is 3. The van der Waals surface area contributed by atoms with Crippen LogP contribution in [-0.4, -0.2) is 34.6 Å². The van der Waals surface area contributed by atoms with Gasteiger partial charge in [0.05, 0.1) is 17.6 Å². The highest BCUT2D eigenvalue weighted by atomic mass is 35.5. The Hall–Kier alpha value is -0.120. The number of aliphatic hydroxyl groups is 1. The molecule has 10 heavy (non-hydrogen) atoms. The second-order valence-electron chi connectivity index (χ2n) is 2.70. The van der Waals surface area contributed by atoms with Crippen molar-refractivity contribution in [2.24, 2.45) is 0 Å². The maximum absolute atomic E-state index is 10.9. The first-order valence-corrected chi connectivity index (χ1v) is 3.64. The summed E-state index contributed by atoms with van der Waals surface area (Å²) in [4.78, 5) is 10.9. The van der Waals surface area contributed by atoms with Gasteiger partial charge in [0.25, 0.3) is 0 Å². The van der Waals surface area contributed by atoms with Crippen molar-refractivity contribution in [3.63, 3.8) is 0 Å². The first-order valence-electron chi connectivity index (χ1n) is 3.20. The number of carbonyl (C=O) groups excluding carboxylic acids is 1. The highest BCUT2D eigenvalue weighted by molar-refractivity contribution is 6.24. The Kier molecular flexibility index (Phi) is 1.27. The number of hydrogen-bond donors (Lipinski definition) is 1. The van der Waals surface area contributed by atoms with Gasteiger partial charge in [-0.2, -0.15) is 0 Å². The number of ketones is 1. The summed E-state index contributed by atoms with van der Waals surface area (Å²) in [7, 11) is 0. The number of fused-ring (bicyclic) bond motifs is 2. The monoisotopic (exact) mass is 162 g/mol. The second-order valence-corrected chi connectivity index (χ2v) is 3.20. The predicted molar refractivity (Wildman–Crippen MR) is 33.9 cm³/mol. The highest BCUT2D eigenvalue weighted by Crippen LogP contribution is 2.35. The standard InChI is InChI=1S/C6H7ClO3/c7-4-5(9)3-1-2(8)6(4)10-3/h3-6,9H,1H2. The van der Waals surface area contributed by atoms with Crippen molar-refractivity contribution >= 4 is 17.4 Å². The van der Waals surface area contributed by atoms with Crippen LogP contribution in [0.15, 0.2) is 0 Å². The molecule has 2 saturated heterocycles. The number of rotatable bonds is 0. The minimum atomic E-state index is -0.649. The molecule has 0 radical (unpaired) electrons. The molecule has 1 N–H and O–H groups in total. The summed E-state index contributed by atoms with van der Waals surface area (Å²) in [6.07, 6.45) is -1.19. The molecule has 2 rings (SSSR count). The summed E-state index contributed by atoms with van der Waals surface area (Å²) in [5.74, 6) is 0.0234. The molecular formula is C6H7ClO3. The molecule has 2 bridgehead atoms. The van der Waals surface area contributed by atoms with Gasteiger partial charge < -0.3 is 9.84 Å². The van der Waals surface area contributed by atoms with Crippen molar-refractivity contribution in [1.29, 1.82) is 0 Å². The van der Waals surface area contributed by atoms with Crippen molar-refractivity contribution in [1.82, 2.24) is 0 Å². The number of Topliss-reactive ketones (excluding diaryl/α,β-unsaturated/α-hetero) is 1. The molecular weight excluding hydrogens is 156 g/mol. The number of ether oxygens (including phenoxy) is 1. The zero-order chi connectivity index (χ0) is 7.30. The molecule has 0 aliphatic carbocycles. The van der Waals surface area contributed by atoms with Crippen LogP contribution in [0.2, 0.25) is 0 Å². The van der Waals surface area contributed by atoms with Crippen LogP contribution in [0.3, 0.4) is 0 Å².